The topological polar surface area (TPSA) is 29.3 Å². The molecule has 14 heavy (non-hydrogen) atoms. The van der Waals surface area contributed by atoms with Gasteiger partial charge in [0.1, 0.15) is 0 Å². The van der Waals surface area contributed by atoms with Gasteiger partial charge in [0.2, 0.25) is 0 Å². The lowest BCUT2D eigenvalue weighted by Gasteiger charge is -2.39. The Balaban J connectivity index is 2.30. The zero-order valence-corrected chi connectivity index (χ0v) is 10.00. The van der Waals surface area contributed by atoms with Crippen LogP contribution in [0.5, 0.6) is 0 Å². The van der Waals surface area contributed by atoms with Crippen LogP contribution in [0.1, 0.15) is 40.0 Å². The minimum atomic E-state index is 0.730. The third-order valence-corrected chi connectivity index (χ3v) is 3.81. The van der Waals surface area contributed by atoms with E-state index in [4.69, 9.17) is 5.73 Å². The summed E-state index contributed by atoms with van der Waals surface area (Å²) in [6.07, 6.45) is 3.80. The molecule has 3 unspecified atom stereocenters. The van der Waals surface area contributed by atoms with E-state index in [0.29, 0.717) is 0 Å². The summed E-state index contributed by atoms with van der Waals surface area (Å²) in [5, 5.41) is 0. The molecule has 0 radical (unpaired) electrons. The monoisotopic (exact) mass is 198 g/mol. The van der Waals surface area contributed by atoms with E-state index in [1.165, 1.54) is 32.4 Å². The fourth-order valence-corrected chi connectivity index (χ4v) is 2.29. The van der Waals surface area contributed by atoms with Crippen LogP contribution in [0, 0.1) is 11.8 Å². The van der Waals surface area contributed by atoms with Crippen LogP contribution in [0.2, 0.25) is 0 Å². The third kappa shape index (κ3) is 3.25. The molecule has 0 saturated carbocycles. The van der Waals surface area contributed by atoms with Crippen LogP contribution in [0.3, 0.4) is 0 Å². The molecule has 84 valence electrons. The number of nitrogens with two attached hydrogens (primary N) is 1. The number of hydrogen-bond acceptors (Lipinski definition) is 2. The fraction of sp³-hybridized carbons (Fsp3) is 1.00. The lowest BCUT2D eigenvalue weighted by atomic mass is 9.88. The maximum atomic E-state index is 5.54. The highest BCUT2D eigenvalue weighted by atomic mass is 15.2. The minimum Gasteiger partial charge on any atom is -0.330 e. The second-order valence-corrected chi connectivity index (χ2v) is 5.02. The number of rotatable bonds is 4. The van der Waals surface area contributed by atoms with Crippen LogP contribution in [-0.2, 0) is 0 Å². The molecule has 0 bridgehead atoms. The molecule has 2 heteroatoms. The van der Waals surface area contributed by atoms with Crippen molar-refractivity contribution >= 4 is 0 Å². The van der Waals surface area contributed by atoms with E-state index in [0.717, 1.165) is 24.4 Å². The van der Waals surface area contributed by atoms with E-state index < -0.39 is 0 Å². The van der Waals surface area contributed by atoms with Crippen molar-refractivity contribution in [3.8, 4) is 0 Å². The van der Waals surface area contributed by atoms with Gasteiger partial charge in [-0.05, 0) is 51.1 Å². The molecule has 1 heterocycles. The van der Waals surface area contributed by atoms with Gasteiger partial charge in [-0.15, -0.1) is 0 Å². The molecule has 1 aliphatic rings. The molecule has 2 N–H and O–H groups in total. The Morgan fingerprint density at radius 1 is 1.36 bits per heavy atom. The van der Waals surface area contributed by atoms with Gasteiger partial charge < -0.3 is 10.6 Å². The summed E-state index contributed by atoms with van der Waals surface area (Å²) in [5.41, 5.74) is 5.54. The molecule has 0 amide bonds. The summed E-state index contributed by atoms with van der Waals surface area (Å²) in [5.74, 6) is 1.78. The Morgan fingerprint density at radius 2 is 2.07 bits per heavy atom. The summed E-state index contributed by atoms with van der Waals surface area (Å²) in [6, 6.07) is 0.730. The van der Waals surface area contributed by atoms with Crippen molar-refractivity contribution in [2.75, 3.05) is 19.6 Å². The van der Waals surface area contributed by atoms with Crippen molar-refractivity contribution in [2.24, 2.45) is 17.6 Å². The number of nitrogens with zero attached hydrogens (tertiary/aromatic N) is 1. The summed E-state index contributed by atoms with van der Waals surface area (Å²) in [7, 11) is 0. The second kappa shape index (κ2) is 5.72. The lowest BCUT2D eigenvalue weighted by molar-refractivity contribution is 0.0980. The molecule has 0 aromatic rings. The molecule has 3 atom stereocenters. The lowest BCUT2D eigenvalue weighted by Crippen LogP contribution is -2.43. The van der Waals surface area contributed by atoms with Gasteiger partial charge in [0.05, 0.1) is 0 Å². The highest BCUT2D eigenvalue weighted by Gasteiger charge is 2.25. The SMILES string of the molecule is CC1CCN(C(C)CCCN)CC1C. The first-order valence-corrected chi connectivity index (χ1v) is 6.09. The number of hydrogen-bond donors (Lipinski definition) is 1. The first kappa shape index (κ1) is 12.0. The molecule has 0 aliphatic carbocycles. The maximum Gasteiger partial charge on any atom is 0.00675 e. The Hall–Kier alpha value is -0.0800. The fourth-order valence-electron chi connectivity index (χ4n) is 2.29. The average molecular weight is 198 g/mol. The normalized spacial score (nSPS) is 31.7. The predicted molar refractivity (Wildman–Crippen MR) is 62.3 cm³/mol. The van der Waals surface area contributed by atoms with Crippen LogP contribution < -0.4 is 5.73 Å². The molecular weight excluding hydrogens is 172 g/mol. The van der Waals surface area contributed by atoms with E-state index in [1.54, 1.807) is 0 Å². The standard InChI is InChI=1S/C12H26N2/c1-10-6-8-14(9-11(10)2)12(3)5-4-7-13/h10-12H,4-9,13H2,1-3H3. The molecule has 0 spiro atoms. The van der Waals surface area contributed by atoms with Gasteiger partial charge in [-0.2, -0.15) is 0 Å². The van der Waals surface area contributed by atoms with Gasteiger partial charge >= 0.3 is 0 Å². The van der Waals surface area contributed by atoms with E-state index in [-0.39, 0.29) is 0 Å². The van der Waals surface area contributed by atoms with Crippen molar-refractivity contribution in [3.63, 3.8) is 0 Å². The Kier molecular flexibility index (Phi) is 4.90. The van der Waals surface area contributed by atoms with Gasteiger partial charge in [0.15, 0.2) is 0 Å². The highest BCUT2D eigenvalue weighted by molar-refractivity contribution is 4.78. The van der Waals surface area contributed by atoms with E-state index >= 15 is 0 Å². The average Bonchev–Trinajstić information content (AvgIpc) is 2.18. The van der Waals surface area contributed by atoms with E-state index in [1.807, 2.05) is 0 Å². The molecule has 0 aromatic heterocycles. The zero-order chi connectivity index (χ0) is 10.6. The third-order valence-electron chi connectivity index (χ3n) is 3.81. The van der Waals surface area contributed by atoms with Crippen molar-refractivity contribution in [2.45, 2.75) is 46.1 Å². The maximum absolute atomic E-state index is 5.54. The predicted octanol–water partition coefficient (Wildman–Crippen LogP) is 2.09. The van der Waals surface area contributed by atoms with Crippen LogP contribution in [0.25, 0.3) is 0 Å². The first-order chi connectivity index (χ1) is 6.65. The van der Waals surface area contributed by atoms with Crippen molar-refractivity contribution in [1.29, 1.82) is 0 Å². The summed E-state index contributed by atoms with van der Waals surface area (Å²) in [4.78, 5) is 2.64. The summed E-state index contributed by atoms with van der Waals surface area (Å²) in [6.45, 7) is 10.5. The molecule has 2 nitrogen and oxygen atoms in total. The van der Waals surface area contributed by atoms with Crippen LogP contribution >= 0.6 is 0 Å². The molecule has 1 fully saturated rings. The van der Waals surface area contributed by atoms with Crippen molar-refractivity contribution in [3.05, 3.63) is 0 Å². The summed E-state index contributed by atoms with van der Waals surface area (Å²) < 4.78 is 0. The minimum absolute atomic E-state index is 0.730. The Labute approximate surface area is 88.8 Å². The smallest absolute Gasteiger partial charge is 0.00675 e. The van der Waals surface area contributed by atoms with Gasteiger partial charge in [-0.1, -0.05) is 13.8 Å². The van der Waals surface area contributed by atoms with Crippen molar-refractivity contribution < 1.29 is 0 Å². The molecule has 1 aliphatic heterocycles. The van der Waals surface area contributed by atoms with E-state index in [9.17, 15) is 0 Å². The van der Waals surface area contributed by atoms with Crippen LogP contribution in [-0.4, -0.2) is 30.6 Å². The van der Waals surface area contributed by atoms with Gasteiger partial charge in [0.25, 0.3) is 0 Å². The van der Waals surface area contributed by atoms with Crippen molar-refractivity contribution in [1.82, 2.24) is 4.90 Å². The zero-order valence-electron chi connectivity index (χ0n) is 10.00. The highest BCUT2D eigenvalue weighted by Crippen LogP contribution is 2.24. The second-order valence-electron chi connectivity index (χ2n) is 5.02. The van der Waals surface area contributed by atoms with Crippen LogP contribution in [0.15, 0.2) is 0 Å². The molecule has 1 saturated heterocycles. The largest absolute Gasteiger partial charge is 0.330 e. The first-order valence-electron chi connectivity index (χ1n) is 6.09. The van der Waals surface area contributed by atoms with Gasteiger partial charge in [-0.3, -0.25) is 0 Å². The van der Waals surface area contributed by atoms with Gasteiger partial charge in [-0.25, -0.2) is 0 Å². The molecule has 1 rings (SSSR count). The quantitative estimate of drug-likeness (QED) is 0.749. The molecular formula is C12H26N2. The van der Waals surface area contributed by atoms with Gasteiger partial charge in [0, 0.05) is 12.6 Å². The Morgan fingerprint density at radius 3 is 2.64 bits per heavy atom. The summed E-state index contributed by atoms with van der Waals surface area (Å²) >= 11 is 0. The van der Waals surface area contributed by atoms with E-state index in [2.05, 4.69) is 25.7 Å². The molecule has 0 aromatic carbocycles. The van der Waals surface area contributed by atoms with Crippen LogP contribution in [0.4, 0.5) is 0 Å². The number of likely N-dealkylation sites (tertiary alicyclic amines) is 1. The Bertz CT molecular complexity index is 158. The number of piperidine rings is 1.